The maximum atomic E-state index is 11.7. The maximum absolute atomic E-state index is 11.7. The summed E-state index contributed by atoms with van der Waals surface area (Å²) >= 11 is 0. The van der Waals surface area contributed by atoms with Gasteiger partial charge < -0.3 is 4.74 Å². The number of nitrogens with zero attached hydrogens (tertiary/aromatic N) is 1. The van der Waals surface area contributed by atoms with Gasteiger partial charge in [-0.25, -0.2) is 5.84 Å². The molecule has 1 atom stereocenters. The van der Waals surface area contributed by atoms with E-state index in [0.29, 0.717) is 6.61 Å². The summed E-state index contributed by atoms with van der Waals surface area (Å²) in [6.07, 6.45) is 2.32. The summed E-state index contributed by atoms with van der Waals surface area (Å²) in [7, 11) is 1.60. The van der Waals surface area contributed by atoms with Crippen LogP contribution in [0.4, 0.5) is 0 Å². The second-order valence-corrected chi connectivity index (χ2v) is 5.22. The number of likely N-dealkylation sites (tertiary alicyclic amines) is 1. The van der Waals surface area contributed by atoms with E-state index in [-0.39, 0.29) is 17.4 Å². The molecule has 0 aromatic heterocycles. The van der Waals surface area contributed by atoms with Crippen molar-refractivity contribution in [3.05, 3.63) is 0 Å². The molecule has 0 spiro atoms. The molecule has 0 aromatic rings. The highest BCUT2D eigenvalue weighted by Crippen LogP contribution is 2.29. The molecular formula is C11H23N3O2. The van der Waals surface area contributed by atoms with Crippen molar-refractivity contribution in [3.8, 4) is 0 Å². The first-order valence-electron chi connectivity index (χ1n) is 5.73. The Morgan fingerprint density at radius 2 is 2.31 bits per heavy atom. The number of rotatable bonds is 4. The van der Waals surface area contributed by atoms with Crippen molar-refractivity contribution in [1.29, 1.82) is 0 Å². The third-order valence-electron chi connectivity index (χ3n) is 3.14. The molecule has 5 nitrogen and oxygen atoms in total. The molecule has 1 rings (SSSR count). The monoisotopic (exact) mass is 229 g/mol. The first-order valence-corrected chi connectivity index (χ1v) is 5.73. The Morgan fingerprint density at radius 1 is 1.62 bits per heavy atom. The highest BCUT2D eigenvalue weighted by molar-refractivity contribution is 5.81. The fourth-order valence-electron chi connectivity index (χ4n) is 2.34. The van der Waals surface area contributed by atoms with E-state index in [9.17, 15) is 4.79 Å². The number of hydrogen-bond donors (Lipinski definition) is 2. The normalized spacial score (nSPS) is 22.8. The Balaban J connectivity index is 2.66. The molecule has 16 heavy (non-hydrogen) atoms. The van der Waals surface area contributed by atoms with Crippen LogP contribution >= 0.6 is 0 Å². The molecule has 1 heterocycles. The van der Waals surface area contributed by atoms with Gasteiger partial charge in [-0.15, -0.1) is 0 Å². The molecule has 1 aliphatic rings. The fourth-order valence-corrected chi connectivity index (χ4v) is 2.34. The van der Waals surface area contributed by atoms with Crippen LogP contribution in [0.15, 0.2) is 0 Å². The minimum Gasteiger partial charge on any atom is -0.383 e. The van der Waals surface area contributed by atoms with Gasteiger partial charge in [0.05, 0.1) is 6.61 Å². The SMILES string of the molecule is COCC(C(=O)NN)N1CCCC(C)(C)C1. The van der Waals surface area contributed by atoms with Gasteiger partial charge in [0.2, 0.25) is 0 Å². The highest BCUT2D eigenvalue weighted by Gasteiger charge is 2.33. The Bertz CT molecular complexity index is 243. The van der Waals surface area contributed by atoms with Crippen LogP contribution in [0.1, 0.15) is 26.7 Å². The van der Waals surface area contributed by atoms with E-state index >= 15 is 0 Å². The van der Waals surface area contributed by atoms with Gasteiger partial charge in [0.15, 0.2) is 0 Å². The van der Waals surface area contributed by atoms with Crippen molar-refractivity contribution in [1.82, 2.24) is 10.3 Å². The largest absolute Gasteiger partial charge is 0.383 e. The van der Waals surface area contributed by atoms with Crippen LogP contribution < -0.4 is 11.3 Å². The van der Waals surface area contributed by atoms with E-state index in [1.165, 1.54) is 6.42 Å². The zero-order valence-corrected chi connectivity index (χ0v) is 10.5. The molecule has 1 unspecified atom stereocenters. The van der Waals surface area contributed by atoms with E-state index in [4.69, 9.17) is 10.6 Å². The number of piperidine rings is 1. The van der Waals surface area contributed by atoms with Crippen molar-refractivity contribution in [2.75, 3.05) is 26.8 Å². The van der Waals surface area contributed by atoms with Gasteiger partial charge in [0.25, 0.3) is 5.91 Å². The zero-order chi connectivity index (χ0) is 12.2. The van der Waals surface area contributed by atoms with Crippen molar-refractivity contribution in [2.24, 2.45) is 11.3 Å². The average molecular weight is 229 g/mol. The molecule has 0 aromatic carbocycles. The molecular weight excluding hydrogens is 206 g/mol. The van der Waals surface area contributed by atoms with Crippen molar-refractivity contribution in [2.45, 2.75) is 32.7 Å². The molecule has 0 saturated carbocycles. The summed E-state index contributed by atoms with van der Waals surface area (Å²) in [4.78, 5) is 13.8. The van der Waals surface area contributed by atoms with Gasteiger partial charge >= 0.3 is 0 Å². The number of ether oxygens (including phenoxy) is 1. The summed E-state index contributed by atoms with van der Waals surface area (Å²) < 4.78 is 5.09. The summed E-state index contributed by atoms with van der Waals surface area (Å²) in [5.41, 5.74) is 2.48. The number of carbonyl (C=O) groups excluding carboxylic acids is 1. The smallest absolute Gasteiger partial charge is 0.253 e. The lowest BCUT2D eigenvalue weighted by atomic mass is 9.83. The van der Waals surface area contributed by atoms with Gasteiger partial charge in [0, 0.05) is 13.7 Å². The van der Waals surface area contributed by atoms with Crippen LogP contribution in [0.25, 0.3) is 0 Å². The predicted octanol–water partition coefficient (Wildman–Crippen LogP) is 0.113. The fraction of sp³-hybridized carbons (Fsp3) is 0.909. The Hall–Kier alpha value is -0.650. The number of amides is 1. The molecule has 1 saturated heterocycles. The summed E-state index contributed by atoms with van der Waals surface area (Å²) in [5, 5.41) is 0. The summed E-state index contributed by atoms with van der Waals surface area (Å²) in [6, 6.07) is -0.269. The van der Waals surface area contributed by atoms with E-state index < -0.39 is 0 Å². The number of nitrogens with two attached hydrogens (primary N) is 1. The van der Waals surface area contributed by atoms with Crippen LogP contribution in [0.2, 0.25) is 0 Å². The lowest BCUT2D eigenvalue weighted by Crippen LogP contribution is -2.55. The zero-order valence-electron chi connectivity index (χ0n) is 10.5. The van der Waals surface area contributed by atoms with Crippen molar-refractivity contribution in [3.63, 3.8) is 0 Å². The number of methoxy groups -OCH3 is 1. The molecule has 1 amide bonds. The summed E-state index contributed by atoms with van der Waals surface area (Å²) in [6.45, 7) is 6.69. The molecule has 0 bridgehead atoms. The minimum atomic E-state index is -0.269. The minimum absolute atomic E-state index is 0.167. The van der Waals surface area contributed by atoms with Crippen LogP contribution in [0, 0.1) is 5.41 Å². The Kier molecular flexibility index (Phi) is 4.70. The molecule has 1 fully saturated rings. The third kappa shape index (κ3) is 3.43. The van der Waals surface area contributed by atoms with Gasteiger partial charge in [-0.1, -0.05) is 13.8 Å². The molecule has 1 aliphatic heterocycles. The van der Waals surface area contributed by atoms with Gasteiger partial charge in [-0.05, 0) is 24.8 Å². The highest BCUT2D eigenvalue weighted by atomic mass is 16.5. The van der Waals surface area contributed by atoms with Crippen LogP contribution in [0.5, 0.6) is 0 Å². The first-order chi connectivity index (χ1) is 7.50. The van der Waals surface area contributed by atoms with Gasteiger partial charge in [-0.3, -0.25) is 15.1 Å². The number of hydrogen-bond acceptors (Lipinski definition) is 4. The molecule has 94 valence electrons. The molecule has 0 aliphatic carbocycles. The van der Waals surface area contributed by atoms with E-state index in [2.05, 4.69) is 24.2 Å². The van der Waals surface area contributed by atoms with E-state index in [1.807, 2.05) is 0 Å². The van der Waals surface area contributed by atoms with Crippen LogP contribution in [-0.2, 0) is 9.53 Å². The van der Waals surface area contributed by atoms with Gasteiger partial charge in [-0.2, -0.15) is 0 Å². The first kappa shape index (κ1) is 13.4. The molecule has 0 radical (unpaired) electrons. The quantitative estimate of drug-likeness (QED) is 0.408. The second-order valence-electron chi connectivity index (χ2n) is 5.22. The van der Waals surface area contributed by atoms with Crippen LogP contribution in [0.3, 0.4) is 0 Å². The van der Waals surface area contributed by atoms with E-state index in [1.54, 1.807) is 7.11 Å². The number of carbonyl (C=O) groups is 1. The van der Waals surface area contributed by atoms with Crippen molar-refractivity contribution < 1.29 is 9.53 Å². The Morgan fingerprint density at radius 3 is 2.81 bits per heavy atom. The summed E-state index contributed by atoms with van der Waals surface area (Å²) in [5.74, 6) is 5.03. The maximum Gasteiger partial charge on any atom is 0.253 e. The number of hydrazine groups is 1. The number of nitrogens with one attached hydrogen (secondary N) is 1. The molecule has 5 heteroatoms. The van der Waals surface area contributed by atoms with Crippen molar-refractivity contribution >= 4 is 5.91 Å². The third-order valence-corrected chi connectivity index (χ3v) is 3.14. The van der Waals surface area contributed by atoms with Crippen LogP contribution in [-0.4, -0.2) is 43.7 Å². The predicted molar refractivity (Wildman–Crippen MR) is 62.6 cm³/mol. The standard InChI is InChI=1S/C11H23N3O2/c1-11(2)5-4-6-14(8-11)9(7-16-3)10(15)13-12/h9H,4-8,12H2,1-3H3,(H,13,15). The topological polar surface area (TPSA) is 67.6 Å². The average Bonchev–Trinajstić information content (AvgIpc) is 2.23. The van der Waals surface area contributed by atoms with E-state index in [0.717, 1.165) is 19.5 Å². The second kappa shape index (κ2) is 5.61. The lowest BCUT2D eigenvalue weighted by molar-refractivity contribution is -0.130. The molecule has 3 N–H and O–H groups in total. The Labute approximate surface area is 97.3 Å². The lowest BCUT2D eigenvalue weighted by Gasteiger charge is -2.41. The van der Waals surface area contributed by atoms with Gasteiger partial charge in [0.1, 0.15) is 6.04 Å².